The van der Waals surface area contributed by atoms with Gasteiger partial charge in [-0.2, -0.15) is 0 Å². The molecule has 0 saturated heterocycles. The van der Waals surface area contributed by atoms with E-state index >= 15 is 0 Å². The number of hydrogen-bond donors (Lipinski definition) is 2. The third-order valence-corrected chi connectivity index (χ3v) is 5.49. The maximum absolute atomic E-state index is 14.2. The Morgan fingerprint density at radius 2 is 1.93 bits per heavy atom. The highest BCUT2D eigenvalue weighted by Gasteiger charge is 2.45. The lowest BCUT2D eigenvalue weighted by Crippen LogP contribution is -2.41. The molecule has 0 bridgehead atoms. The third-order valence-electron chi connectivity index (χ3n) is 5.49. The minimum atomic E-state index is -0.121. The quantitative estimate of drug-likeness (QED) is 0.281. The van der Waals surface area contributed by atoms with Gasteiger partial charge in [-0.1, -0.05) is 42.5 Å². The van der Waals surface area contributed by atoms with Gasteiger partial charge in [0.25, 0.3) is 0 Å². The molecule has 1 aliphatic carbocycles. The van der Waals surface area contributed by atoms with Crippen molar-refractivity contribution in [2.75, 3.05) is 13.6 Å². The number of nitrogens with zero attached hydrogens (tertiary/aromatic N) is 3. The zero-order valence-electron chi connectivity index (χ0n) is 17.0. The molecule has 3 aromatic rings. The van der Waals surface area contributed by atoms with E-state index in [1.54, 1.807) is 25.4 Å². The number of halogens is 2. The summed E-state index contributed by atoms with van der Waals surface area (Å²) in [6.45, 7) is 2.14. The molecule has 30 heavy (non-hydrogen) atoms. The van der Waals surface area contributed by atoms with Crippen LogP contribution in [0.2, 0.25) is 0 Å². The van der Waals surface area contributed by atoms with Gasteiger partial charge in [-0.25, -0.2) is 9.37 Å². The summed E-state index contributed by atoms with van der Waals surface area (Å²) in [4.78, 5) is 8.41. The van der Waals surface area contributed by atoms with Crippen molar-refractivity contribution in [3.05, 3.63) is 89.8 Å². The Balaban J connectivity index is 0.00000256. The van der Waals surface area contributed by atoms with Crippen LogP contribution in [-0.2, 0) is 18.5 Å². The smallest absolute Gasteiger partial charge is 0.191 e. The molecule has 0 amide bonds. The van der Waals surface area contributed by atoms with Crippen LogP contribution in [0.3, 0.4) is 0 Å². The van der Waals surface area contributed by atoms with E-state index < -0.39 is 0 Å². The average molecular weight is 519 g/mol. The molecule has 5 nitrogen and oxygen atoms in total. The fourth-order valence-electron chi connectivity index (χ4n) is 3.67. The van der Waals surface area contributed by atoms with E-state index in [0.29, 0.717) is 13.1 Å². The third kappa shape index (κ3) is 5.38. The van der Waals surface area contributed by atoms with Crippen LogP contribution < -0.4 is 10.6 Å². The lowest BCUT2D eigenvalue weighted by atomic mass is 9.95. The van der Waals surface area contributed by atoms with E-state index in [9.17, 15) is 4.39 Å². The van der Waals surface area contributed by atoms with Gasteiger partial charge in [0.05, 0.1) is 6.33 Å². The van der Waals surface area contributed by atoms with Crippen LogP contribution in [-0.4, -0.2) is 29.1 Å². The normalized spacial score (nSPS) is 14.7. The Labute approximate surface area is 193 Å². The van der Waals surface area contributed by atoms with Crippen LogP contribution in [0.25, 0.3) is 0 Å². The molecule has 1 aliphatic rings. The molecule has 0 aliphatic heterocycles. The lowest BCUT2D eigenvalue weighted by molar-refractivity contribution is 0.559. The first kappa shape index (κ1) is 22.3. The molecule has 1 saturated carbocycles. The first-order valence-electron chi connectivity index (χ1n) is 9.92. The number of guanidine groups is 1. The Hall–Kier alpha value is -2.42. The molecule has 0 radical (unpaired) electrons. The number of hydrogen-bond acceptors (Lipinski definition) is 2. The van der Waals surface area contributed by atoms with Crippen LogP contribution in [0, 0.1) is 5.82 Å². The molecule has 158 valence electrons. The monoisotopic (exact) mass is 519 g/mol. The lowest BCUT2D eigenvalue weighted by Gasteiger charge is -2.19. The highest BCUT2D eigenvalue weighted by Crippen LogP contribution is 2.48. The van der Waals surface area contributed by atoms with Crippen LogP contribution >= 0.6 is 24.0 Å². The first-order chi connectivity index (χ1) is 14.2. The fraction of sp³-hybridized carbons (Fsp3) is 0.304. The van der Waals surface area contributed by atoms with E-state index in [-0.39, 0.29) is 35.2 Å². The molecular formula is C23H27FIN5. The van der Waals surface area contributed by atoms with E-state index in [4.69, 9.17) is 0 Å². The number of rotatable bonds is 7. The molecule has 7 heteroatoms. The van der Waals surface area contributed by atoms with Crippen molar-refractivity contribution in [1.29, 1.82) is 0 Å². The molecular weight excluding hydrogens is 492 g/mol. The number of aliphatic imine (C=N–C) groups is 1. The van der Waals surface area contributed by atoms with Crippen LogP contribution in [0.5, 0.6) is 0 Å². The summed E-state index contributed by atoms with van der Waals surface area (Å²) in [6.07, 6.45) is 7.55. The zero-order chi connectivity index (χ0) is 20.1. The van der Waals surface area contributed by atoms with Crippen LogP contribution in [0.15, 0.2) is 72.2 Å². The number of benzene rings is 2. The Morgan fingerprint density at radius 3 is 2.63 bits per heavy atom. The molecule has 4 rings (SSSR count). The predicted molar refractivity (Wildman–Crippen MR) is 129 cm³/mol. The molecule has 2 N–H and O–H groups in total. The van der Waals surface area contributed by atoms with Crippen molar-refractivity contribution >= 4 is 29.9 Å². The van der Waals surface area contributed by atoms with Gasteiger partial charge in [0, 0.05) is 44.5 Å². The molecule has 2 aromatic carbocycles. The highest BCUT2D eigenvalue weighted by molar-refractivity contribution is 14.0. The topological polar surface area (TPSA) is 54.2 Å². The van der Waals surface area contributed by atoms with Gasteiger partial charge in [0.15, 0.2) is 5.96 Å². The molecule has 1 heterocycles. The van der Waals surface area contributed by atoms with E-state index in [1.165, 1.54) is 11.1 Å². The van der Waals surface area contributed by atoms with Crippen molar-refractivity contribution in [2.24, 2.45) is 4.99 Å². The summed E-state index contributed by atoms with van der Waals surface area (Å²) in [5.41, 5.74) is 3.09. The van der Waals surface area contributed by atoms with Crippen molar-refractivity contribution < 1.29 is 4.39 Å². The van der Waals surface area contributed by atoms with Crippen molar-refractivity contribution in [3.8, 4) is 0 Å². The molecule has 1 fully saturated rings. The Morgan fingerprint density at radius 1 is 1.13 bits per heavy atom. The summed E-state index contributed by atoms with van der Waals surface area (Å²) in [5, 5.41) is 6.74. The standard InChI is InChI=1S/C23H26FN5.HI/c1-25-22(28-16-23(9-10-23)20-7-2-3-8-21(20)24)27-14-18-5-4-6-19(13-18)15-29-12-11-26-17-29;/h2-8,11-13,17H,9-10,14-16H2,1H3,(H2,25,27,28);1H. The van der Waals surface area contributed by atoms with E-state index in [2.05, 4.69) is 44.9 Å². The number of imidazole rings is 1. The summed E-state index contributed by atoms with van der Waals surface area (Å²) in [7, 11) is 1.76. The predicted octanol–water partition coefficient (Wildman–Crippen LogP) is 4.09. The van der Waals surface area contributed by atoms with Crippen LogP contribution in [0.4, 0.5) is 4.39 Å². The Bertz CT molecular complexity index is 983. The summed E-state index contributed by atoms with van der Waals surface area (Å²) >= 11 is 0. The van der Waals surface area contributed by atoms with Crippen molar-refractivity contribution in [1.82, 2.24) is 20.2 Å². The fourth-order valence-corrected chi connectivity index (χ4v) is 3.67. The maximum Gasteiger partial charge on any atom is 0.191 e. The maximum atomic E-state index is 14.2. The Kier molecular flexibility index (Phi) is 7.47. The molecule has 0 spiro atoms. The van der Waals surface area contributed by atoms with E-state index in [0.717, 1.165) is 30.9 Å². The summed E-state index contributed by atoms with van der Waals surface area (Å²) < 4.78 is 16.2. The van der Waals surface area contributed by atoms with Gasteiger partial charge in [-0.3, -0.25) is 4.99 Å². The largest absolute Gasteiger partial charge is 0.356 e. The van der Waals surface area contributed by atoms with Crippen molar-refractivity contribution in [3.63, 3.8) is 0 Å². The first-order valence-corrected chi connectivity index (χ1v) is 9.92. The number of nitrogens with one attached hydrogen (secondary N) is 2. The average Bonchev–Trinajstić information content (AvgIpc) is 3.35. The zero-order valence-corrected chi connectivity index (χ0v) is 19.3. The SMILES string of the molecule is CN=C(NCc1cccc(Cn2ccnc2)c1)NCC1(c2ccccc2F)CC1.I. The van der Waals surface area contributed by atoms with Gasteiger partial charge in [0.1, 0.15) is 5.82 Å². The van der Waals surface area contributed by atoms with Gasteiger partial charge >= 0.3 is 0 Å². The molecule has 0 atom stereocenters. The number of aromatic nitrogens is 2. The highest BCUT2D eigenvalue weighted by atomic mass is 127. The second kappa shape index (κ2) is 10.1. The van der Waals surface area contributed by atoms with Gasteiger partial charge in [0.2, 0.25) is 0 Å². The van der Waals surface area contributed by atoms with Gasteiger partial charge in [-0.15, -0.1) is 24.0 Å². The van der Waals surface area contributed by atoms with Gasteiger partial charge < -0.3 is 15.2 Å². The molecule has 1 aromatic heterocycles. The second-order valence-corrected chi connectivity index (χ2v) is 7.59. The molecule has 0 unspecified atom stereocenters. The van der Waals surface area contributed by atoms with Gasteiger partial charge in [-0.05, 0) is 35.6 Å². The summed E-state index contributed by atoms with van der Waals surface area (Å²) in [6, 6.07) is 15.5. The van der Waals surface area contributed by atoms with Crippen molar-refractivity contribution in [2.45, 2.75) is 31.3 Å². The summed E-state index contributed by atoms with van der Waals surface area (Å²) in [5.74, 6) is 0.608. The van der Waals surface area contributed by atoms with E-state index in [1.807, 2.05) is 29.2 Å². The minimum absolute atomic E-state index is 0. The second-order valence-electron chi connectivity index (χ2n) is 7.59. The minimum Gasteiger partial charge on any atom is -0.356 e. The van der Waals surface area contributed by atoms with Crippen LogP contribution in [0.1, 0.15) is 29.5 Å².